The minimum Gasteiger partial charge on any atom is -0.421 e. The van der Waals surface area contributed by atoms with E-state index >= 15 is 0 Å². The van der Waals surface area contributed by atoms with Gasteiger partial charge in [-0.1, -0.05) is 18.2 Å². The van der Waals surface area contributed by atoms with Crippen LogP contribution in [0, 0.1) is 6.92 Å². The van der Waals surface area contributed by atoms with Crippen LogP contribution in [0.25, 0.3) is 11.5 Å². The van der Waals surface area contributed by atoms with Gasteiger partial charge in [0.2, 0.25) is 17.7 Å². The quantitative estimate of drug-likeness (QED) is 0.905. The van der Waals surface area contributed by atoms with Crippen molar-refractivity contribution in [2.75, 3.05) is 0 Å². The lowest BCUT2D eigenvalue weighted by Crippen LogP contribution is -2.25. The van der Waals surface area contributed by atoms with Gasteiger partial charge < -0.3 is 9.73 Å². The van der Waals surface area contributed by atoms with Gasteiger partial charge in [0.1, 0.15) is 0 Å². The molecule has 1 aromatic carbocycles. The minimum absolute atomic E-state index is 0.0585. The van der Waals surface area contributed by atoms with E-state index in [0.717, 1.165) is 24.0 Å². The van der Waals surface area contributed by atoms with Gasteiger partial charge in [-0.15, -0.1) is 10.2 Å². The molecule has 1 N–H and O–H groups in total. The first-order valence-electron chi connectivity index (χ1n) is 6.90. The molecule has 3 rings (SSSR count). The topological polar surface area (TPSA) is 68.0 Å². The summed E-state index contributed by atoms with van der Waals surface area (Å²) in [6.07, 6.45) is 3.08. The highest BCUT2D eigenvalue weighted by Crippen LogP contribution is 2.22. The first-order chi connectivity index (χ1) is 9.72. The van der Waals surface area contributed by atoms with Crippen LogP contribution in [0.2, 0.25) is 0 Å². The number of hydrogen-bond acceptors (Lipinski definition) is 4. The molecule has 0 atom stereocenters. The lowest BCUT2D eigenvalue weighted by molar-refractivity contribution is -0.121. The second-order valence-corrected chi connectivity index (χ2v) is 5.16. The average molecular weight is 271 g/mol. The Hall–Kier alpha value is -2.17. The highest BCUT2D eigenvalue weighted by Gasteiger charge is 2.23. The maximum Gasteiger partial charge on any atom is 0.247 e. The van der Waals surface area contributed by atoms with Gasteiger partial charge in [-0.05, 0) is 31.4 Å². The number of nitrogens with one attached hydrogen (secondary N) is 1. The van der Waals surface area contributed by atoms with E-state index in [2.05, 4.69) is 15.5 Å². The summed E-state index contributed by atoms with van der Waals surface area (Å²) in [5, 5.41) is 11.0. The summed E-state index contributed by atoms with van der Waals surface area (Å²) in [6.45, 7) is 2.00. The molecule has 1 aliphatic rings. The summed E-state index contributed by atoms with van der Waals surface area (Å²) >= 11 is 0. The number of benzene rings is 1. The average Bonchev–Trinajstić information content (AvgIpc) is 3.12. The second kappa shape index (κ2) is 5.45. The molecule has 1 saturated carbocycles. The van der Waals surface area contributed by atoms with Crippen LogP contribution >= 0.6 is 0 Å². The molecule has 1 aliphatic carbocycles. The van der Waals surface area contributed by atoms with E-state index in [-0.39, 0.29) is 5.91 Å². The fourth-order valence-electron chi connectivity index (χ4n) is 2.02. The molecule has 1 heterocycles. The molecule has 20 heavy (non-hydrogen) atoms. The van der Waals surface area contributed by atoms with Crippen LogP contribution in [0.4, 0.5) is 0 Å². The van der Waals surface area contributed by atoms with E-state index in [0.29, 0.717) is 30.7 Å². The number of rotatable bonds is 5. The molecule has 5 heteroatoms. The predicted octanol–water partition coefficient (Wildman–Crippen LogP) is 2.26. The number of hydrogen-bond donors (Lipinski definition) is 1. The third kappa shape index (κ3) is 3.04. The van der Waals surface area contributed by atoms with Gasteiger partial charge >= 0.3 is 0 Å². The van der Waals surface area contributed by atoms with Crippen molar-refractivity contribution in [1.29, 1.82) is 0 Å². The smallest absolute Gasteiger partial charge is 0.247 e. The summed E-state index contributed by atoms with van der Waals surface area (Å²) in [5.74, 6) is 1.08. The molecule has 0 radical (unpaired) electrons. The van der Waals surface area contributed by atoms with E-state index in [1.807, 2.05) is 31.2 Å². The maximum absolute atomic E-state index is 11.6. The largest absolute Gasteiger partial charge is 0.421 e. The fourth-order valence-corrected chi connectivity index (χ4v) is 2.02. The van der Waals surface area contributed by atoms with Crippen molar-refractivity contribution >= 4 is 5.91 Å². The van der Waals surface area contributed by atoms with Crippen molar-refractivity contribution < 1.29 is 9.21 Å². The third-order valence-corrected chi connectivity index (χ3v) is 3.35. The molecule has 104 valence electrons. The van der Waals surface area contributed by atoms with Crippen molar-refractivity contribution in [3.05, 3.63) is 35.7 Å². The highest BCUT2D eigenvalue weighted by atomic mass is 16.4. The minimum atomic E-state index is 0.0585. The predicted molar refractivity (Wildman–Crippen MR) is 74.0 cm³/mol. The SMILES string of the molecule is Cc1ccccc1-c1nnc(CCC(=O)NC2CC2)o1. The van der Waals surface area contributed by atoms with E-state index in [4.69, 9.17) is 4.42 Å². The lowest BCUT2D eigenvalue weighted by Gasteiger charge is -2.00. The molecule has 0 saturated heterocycles. The molecular weight excluding hydrogens is 254 g/mol. The molecule has 0 bridgehead atoms. The Balaban J connectivity index is 1.61. The van der Waals surface area contributed by atoms with Crippen LogP contribution in [-0.2, 0) is 11.2 Å². The molecule has 1 amide bonds. The number of aryl methyl sites for hydroxylation is 2. The van der Waals surface area contributed by atoms with Gasteiger partial charge in [0.15, 0.2) is 0 Å². The van der Waals surface area contributed by atoms with Crippen LogP contribution < -0.4 is 5.32 Å². The molecule has 0 unspecified atom stereocenters. The van der Waals surface area contributed by atoms with E-state index < -0.39 is 0 Å². The van der Waals surface area contributed by atoms with Gasteiger partial charge in [0.05, 0.1) is 0 Å². The summed E-state index contributed by atoms with van der Waals surface area (Å²) in [7, 11) is 0. The Bertz CT molecular complexity index is 617. The van der Waals surface area contributed by atoms with Crippen molar-refractivity contribution in [1.82, 2.24) is 15.5 Å². The van der Waals surface area contributed by atoms with Crippen LogP contribution in [0.3, 0.4) is 0 Å². The van der Waals surface area contributed by atoms with E-state index in [1.54, 1.807) is 0 Å². The Morgan fingerprint density at radius 2 is 2.15 bits per heavy atom. The number of aromatic nitrogens is 2. The fraction of sp³-hybridized carbons (Fsp3) is 0.400. The monoisotopic (exact) mass is 271 g/mol. The van der Waals surface area contributed by atoms with Gasteiger partial charge in [-0.25, -0.2) is 0 Å². The molecule has 0 aliphatic heterocycles. The Morgan fingerprint density at radius 1 is 1.35 bits per heavy atom. The zero-order valence-corrected chi connectivity index (χ0v) is 11.4. The standard InChI is InChI=1S/C15H17N3O2/c1-10-4-2-3-5-12(10)15-18-17-14(20-15)9-8-13(19)16-11-6-7-11/h2-5,11H,6-9H2,1H3,(H,16,19). The van der Waals surface area contributed by atoms with Gasteiger partial charge in [-0.3, -0.25) is 4.79 Å². The number of nitrogens with zero attached hydrogens (tertiary/aromatic N) is 2. The Labute approximate surface area is 117 Å². The normalized spacial score (nSPS) is 14.2. The molecule has 2 aromatic rings. The summed E-state index contributed by atoms with van der Waals surface area (Å²) in [5.41, 5.74) is 2.03. The molecule has 1 fully saturated rings. The highest BCUT2D eigenvalue weighted by molar-refractivity contribution is 5.76. The maximum atomic E-state index is 11.6. The first-order valence-corrected chi connectivity index (χ1v) is 6.90. The molecular formula is C15H17N3O2. The summed E-state index contributed by atoms with van der Waals surface area (Å²) in [6, 6.07) is 8.26. The van der Waals surface area contributed by atoms with Gasteiger partial charge in [0.25, 0.3) is 0 Å². The van der Waals surface area contributed by atoms with Crippen LogP contribution in [0.1, 0.15) is 30.7 Å². The zero-order chi connectivity index (χ0) is 13.9. The van der Waals surface area contributed by atoms with Crippen molar-refractivity contribution in [3.63, 3.8) is 0 Å². The number of carbonyl (C=O) groups is 1. The summed E-state index contributed by atoms with van der Waals surface area (Å²) < 4.78 is 5.62. The first kappa shape index (κ1) is 12.8. The Morgan fingerprint density at radius 3 is 2.90 bits per heavy atom. The summed E-state index contributed by atoms with van der Waals surface area (Å²) in [4.78, 5) is 11.6. The molecule has 1 aromatic heterocycles. The van der Waals surface area contributed by atoms with Gasteiger partial charge in [0, 0.05) is 24.4 Å². The third-order valence-electron chi connectivity index (χ3n) is 3.35. The van der Waals surface area contributed by atoms with Crippen LogP contribution in [-0.4, -0.2) is 22.1 Å². The second-order valence-electron chi connectivity index (χ2n) is 5.16. The molecule has 0 spiro atoms. The zero-order valence-electron chi connectivity index (χ0n) is 11.4. The van der Waals surface area contributed by atoms with E-state index in [9.17, 15) is 4.79 Å². The van der Waals surface area contributed by atoms with Crippen molar-refractivity contribution in [3.8, 4) is 11.5 Å². The van der Waals surface area contributed by atoms with Gasteiger partial charge in [-0.2, -0.15) is 0 Å². The lowest BCUT2D eigenvalue weighted by atomic mass is 10.1. The molecule has 5 nitrogen and oxygen atoms in total. The van der Waals surface area contributed by atoms with E-state index in [1.165, 1.54) is 0 Å². The van der Waals surface area contributed by atoms with Crippen LogP contribution in [0.15, 0.2) is 28.7 Å². The number of carbonyl (C=O) groups excluding carboxylic acids is 1. The number of amides is 1. The van der Waals surface area contributed by atoms with Crippen molar-refractivity contribution in [2.24, 2.45) is 0 Å². The Kier molecular flexibility index (Phi) is 3.50. The van der Waals surface area contributed by atoms with Crippen molar-refractivity contribution in [2.45, 2.75) is 38.6 Å². The van der Waals surface area contributed by atoms with Crippen LogP contribution in [0.5, 0.6) is 0 Å².